The zero-order valence-electron chi connectivity index (χ0n) is 18.5. The number of fused-ring (bicyclic) bond motifs is 1. The van der Waals surface area contributed by atoms with E-state index in [1.165, 1.54) is 24.8 Å². The molecule has 2 aromatic heterocycles. The van der Waals surface area contributed by atoms with Crippen LogP contribution in [0, 0.1) is 5.82 Å². The predicted molar refractivity (Wildman–Crippen MR) is 119 cm³/mol. The Morgan fingerprint density at radius 2 is 2.09 bits per heavy atom. The molecular weight excluding hydrogens is 427 g/mol. The summed E-state index contributed by atoms with van der Waals surface area (Å²) in [5.41, 5.74) is 2.83. The molecule has 1 atom stereocenters. The van der Waals surface area contributed by atoms with Crippen molar-refractivity contribution in [3.05, 3.63) is 64.8 Å². The maximum Gasteiger partial charge on any atom is 0.303 e. The molecule has 0 spiro atoms. The van der Waals surface area contributed by atoms with E-state index < -0.39 is 17.7 Å². The van der Waals surface area contributed by atoms with Gasteiger partial charge in [0.05, 0.1) is 13.5 Å². The molecule has 9 heteroatoms. The van der Waals surface area contributed by atoms with Gasteiger partial charge in [0.25, 0.3) is 0 Å². The van der Waals surface area contributed by atoms with E-state index >= 15 is 0 Å². The molecule has 3 aromatic rings. The van der Waals surface area contributed by atoms with Gasteiger partial charge in [0.1, 0.15) is 5.82 Å². The Labute approximate surface area is 191 Å². The van der Waals surface area contributed by atoms with E-state index in [9.17, 15) is 14.3 Å². The molecule has 8 nitrogen and oxygen atoms in total. The summed E-state index contributed by atoms with van der Waals surface area (Å²) < 4.78 is 24.8. The molecule has 0 amide bonds. The number of ether oxygens (including phenoxy) is 1. The number of anilines is 1. The van der Waals surface area contributed by atoms with Gasteiger partial charge in [0.15, 0.2) is 11.6 Å². The summed E-state index contributed by atoms with van der Waals surface area (Å²) in [5.74, 6) is -0.0935. The molecule has 2 N–H and O–H groups in total. The minimum absolute atomic E-state index is 0.108. The molecule has 3 heterocycles. The number of methoxy groups -OCH3 is 1. The quantitative estimate of drug-likeness (QED) is 0.474. The number of aromatic nitrogens is 3. The summed E-state index contributed by atoms with van der Waals surface area (Å²) in [6.45, 7) is 0.959. The maximum absolute atomic E-state index is 14.1. The zero-order chi connectivity index (χ0) is 23.2. The van der Waals surface area contributed by atoms with Gasteiger partial charge >= 0.3 is 5.97 Å². The molecule has 0 saturated heterocycles. The fourth-order valence-electron chi connectivity index (χ4n) is 4.07. The van der Waals surface area contributed by atoms with Crippen molar-refractivity contribution < 1.29 is 23.4 Å². The highest BCUT2D eigenvalue weighted by molar-refractivity contribution is 5.68. The lowest BCUT2D eigenvalue weighted by molar-refractivity contribution is -0.137. The number of carboxylic acid groups (broad SMARTS) is 1. The zero-order valence-corrected chi connectivity index (χ0v) is 18.5. The van der Waals surface area contributed by atoms with Crippen molar-refractivity contribution in [2.45, 2.75) is 50.9 Å². The summed E-state index contributed by atoms with van der Waals surface area (Å²) in [6.07, 6.45) is 4.42. The van der Waals surface area contributed by atoms with Crippen molar-refractivity contribution in [1.29, 1.82) is 0 Å². The van der Waals surface area contributed by atoms with Gasteiger partial charge in [-0.05, 0) is 55.0 Å². The molecule has 0 saturated carbocycles. The third-order valence-corrected chi connectivity index (χ3v) is 5.77. The van der Waals surface area contributed by atoms with Crippen LogP contribution in [0.2, 0.25) is 0 Å². The highest BCUT2D eigenvalue weighted by Crippen LogP contribution is 2.28. The van der Waals surface area contributed by atoms with Gasteiger partial charge in [0, 0.05) is 31.0 Å². The van der Waals surface area contributed by atoms with Crippen molar-refractivity contribution in [2.75, 3.05) is 19.0 Å². The van der Waals surface area contributed by atoms with Crippen LogP contribution in [0.25, 0.3) is 0 Å². The minimum Gasteiger partial charge on any atom is -0.494 e. The highest BCUT2D eigenvalue weighted by Gasteiger charge is 2.21. The van der Waals surface area contributed by atoms with Crippen LogP contribution in [0.5, 0.6) is 5.75 Å². The van der Waals surface area contributed by atoms with E-state index in [0.717, 1.165) is 43.7 Å². The van der Waals surface area contributed by atoms with Crippen molar-refractivity contribution in [1.82, 2.24) is 15.2 Å². The smallest absolute Gasteiger partial charge is 0.303 e. The second-order valence-electron chi connectivity index (χ2n) is 8.18. The Morgan fingerprint density at radius 3 is 2.88 bits per heavy atom. The average Bonchev–Trinajstić information content (AvgIpc) is 3.25. The van der Waals surface area contributed by atoms with Crippen LogP contribution in [0.15, 0.2) is 34.7 Å². The Kier molecular flexibility index (Phi) is 7.16. The predicted octanol–water partition coefficient (Wildman–Crippen LogP) is 3.95. The number of benzene rings is 1. The Balaban J connectivity index is 1.36. The lowest BCUT2D eigenvalue weighted by Crippen LogP contribution is -2.14. The molecule has 0 bridgehead atoms. The van der Waals surface area contributed by atoms with E-state index in [2.05, 4.69) is 27.6 Å². The number of hydrogen-bond donors (Lipinski definition) is 2. The van der Waals surface area contributed by atoms with Crippen molar-refractivity contribution in [3.63, 3.8) is 0 Å². The molecule has 1 aromatic carbocycles. The summed E-state index contributed by atoms with van der Waals surface area (Å²) in [6, 6.07) is 8.65. The minimum atomic E-state index is -0.983. The van der Waals surface area contributed by atoms with E-state index in [1.54, 1.807) is 6.07 Å². The summed E-state index contributed by atoms with van der Waals surface area (Å²) in [4.78, 5) is 16.1. The van der Waals surface area contributed by atoms with Crippen molar-refractivity contribution in [2.24, 2.45) is 0 Å². The largest absolute Gasteiger partial charge is 0.494 e. The normalized spacial score (nSPS) is 13.8. The first-order valence-electron chi connectivity index (χ1n) is 11.1. The molecule has 4 rings (SSSR count). The first kappa shape index (κ1) is 22.7. The number of nitrogens with one attached hydrogen (secondary N) is 1. The molecule has 0 fully saturated rings. The molecule has 0 radical (unpaired) electrons. The lowest BCUT2D eigenvalue weighted by atomic mass is 9.92. The SMILES string of the molecule is COc1ccc(C(CC(=O)O)Cc2nnc(CCCc3ccc4c(n3)NCCC4)o2)cc1F. The van der Waals surface area contributed by atoms with Crippen LogP contribution < -0.4 is 10.1 Å². The molecule has 1 unspecified atom stereocenters. The number of aryl methyl sites for hydroxylation is 3. The van der Waals surface area contributed by atoms with E-state index in [1.807, 2.05) is 0 Å². The topological polar surface area (TPSA) is 110 Å². The van der Waals surface area contributed by atoms with Gasteiger partial charge in [0.2, 0.25) is 11.8 Å². The number of carboxylic acids is 1. The molecule has 1 aliphatic heterocycles. The summed E-state index contributed by atoms with van der Waals surface area (Å²) in [5, 5.41) is 20.8. The van der Waals surface area contributed by atoms with Gasteiger partial charge < -0.3 is 19.6 Å². The van der Waals surface area contributed by atoms with E-state index in [4.69, 9.17) is 14.1 Å². The fraction of sp³-hybridized carbons (Fsp3) is 0.417. The lowest BCUT2D eigenvalue weighted by Gasteiger charge is -2.17. The standard InChI is InChI=1S/C24H27FN4O4/c1-32-20-10-8-16(12-19(20)25)17(14-23(30)31)13-22-29-28-21(33-22)6-2-5-18-9-7-15-4-3-11-26-24(15)27-18/h7-10,12,17H,2-6,11,13-14H2,1H3,(H,26,27)(H,30,31). The van der Waals surface area contributed by atoms with Gasteiger partial charge in [-0.3, -0.25) is 4.79 Å². The molecule has 0 aliphatic carbocycles. The number of halogens is 1. The number of nitrogens with zero attached hydrogens (tertiary/aromatic N) is 3. The van der Waals surface area contributed by atoms with Crippen LogP contribution in [0.3, 0.4) is 0 Å². The third-order valence-electron chi connectivity index (χ3n) is 5.77. The Bertz CT molecular complexity index is 1120. The van der Waals surface area contributed by atoms with Gasteiger partial charge in [-0.15, -0.1) is 10.2 Å². The second-order valence-corrected chi connectivity index (χ2v) is 8.18. The Morgan fingerprint density at radius 1 is 1.24 bits per heavy atom. The monoisotopic (exact) mass is 454 g/mol. The number of hydrogen-bond acceptors (Lipinski definition) is 7. The molecule has 1 aliphatic rings. The first-order valence-corrected chi connectivity index (χ1v) is 11.1. The fourth-order valence-corrected chi connectivity index (χ4v) is 4.07. The van der Waals surface area contributed by atoms with E-state index in [0.29, 0.717) is 23.8 Å². The van der Waals surface area contributed by atoms with Crippen LogP contribution >= 0.6 is 0 Å². The van der Waals surface area contributed by atoms with Gasteiger partial charge in [-0.1, -0.05) is 12.1 Å². The molecule has 33 heavy (non-hydrogen) atoms. The first-order chi connectivity index (χ1) is 16.0. The number of carbonyl (C=O) groups is 1. The van der Waals surface area contributed by atoms with Crippen LogP contribution in [-0.4, -0.2) is 39.9 Å². The number of pyridine rings is 1. The molecule has 174 valence electrons. The second kappa shape index (κ2) is 10.4. The summed E-state index contributed by atoms with van der Waals surface area (Å²) in [7, 11) is 1.38. The van der Waals surface area contributed by atoms with Crippen molar-refractivity contribution >= 4 is 11.8 Å². The van der Waals surface area contributed by atoms with Crippen LogP contribution in [0.4, 0.5) is 10.2 Å². The highest BCUT2D eigenvalue weighted by atomic mass is 19.1. The van der Waals surface area contributed by atoms with Crippen molar-refractivity contribution in [3.8, 4) is 5.75 Å². The maximum atomic E-state index is 14.1. The Hall–Kier alpha value is -3.49. The van der Waals surface area contributed by atoms with E-state index in [-0.39, 0.29) is 18.6 Å². The average molecular weight is 455 g/mol. The molecular formula is C24H27FN4O4. The van der Waals surface area contributed by atoms with Gasteiger partial charge in [-0.2, -0.15) is 0 Å². The van der Waals surface area contributed by atoms with Crippen LogP contribution in [-0.2, 0) is 30.5 Å². The third kappa shape index (κ3) is 5.85. The van der Waals surface area contributed by atoms with Gasteiger partial charge in [-0.25, -0.2) is 9.37 Å². The number of aliphatic carboxylic acids is 1. The summed E-state index contributed by atoms with van der Waals surface area (Å²) >= 11 is 0. The van der Waals surface area contributed by atoms with Crippen LogP contribution in [0.1, 0.15) is 53.8 Å². The number of rotatable bonds is 10.